The van der Waals surface area contributed by atoms with Gasteiger partial charge in [0, 0.05) is 0 Å². The van der Waals surface area contributed by atoms with Crippen LogP contribution in [-0.4, -0.2) is 6.66 Å². The Morgan fingerprint density at radius 3 is 2.11 bits per heavy atom. The SMILES string of the molecule is CPc1c(-c2ccccc2)ccc(C)c1C1CC(c2ccccc2)=CCC1C. The Hall–Kier alpha value is -2.17. The highest BCUT2D eigenvalue weighted by Crippen LogP contribution is 2.43. The van der Waals surface area contributed by atoms with Crippen LogP contribution < -0.4 is 5.30 Å². The molecule has 4 rings (SSSR count). The number of benzene rings is 3. The second-order valence-corrected chi connectivity index (χ2v) is 8.95. The van der Waals surface area contributed by atoms with E-state index in [0.717, 1.165) is 21.4 Å². The van der Waals surface area contributed by atoms with Crippen molar-refractivity contribution in [3.63, 3.8) is 0 Å². The van der Waals surface area contributed by atoms with Crippen LogP contribution >= 0.6 is 8.58 Å². The maximum absolute atomic E-state index is 2.47. The molecule has 1 heteroatoms. The molecule has 0 fully saturated rings. The molecule has 0 heterocycles. The highest BCUT2D eigenvalue weighted by atomic mass is 31.1. The van der Waals surface area contributed by atoms with Gasteiger partial charge in [0.15, 0.2) is 0 Å². The predicted molar refractivity (Wildman–Crippen MR) is 126 cm³/mol. The van der Waals surface area contributed by atoms with Gasteiger partial charge in [0.1, 0.15) is 0 Å². The first-order valence-electron chi connectivity index (χ1n) is 10.3. The zero-order valence-electron chi connectivity index (χ0n) is 17.1. The molecule has 28 heavy (non-hydrogen) atoms. The van der Waals surface area contributed by atoms with E-state index in [-0.39, 0.29) is 0 Å². The summed E-state index contributed by atoms with van der Waals surface area (Å²) in [5, 5.41) is 1.57. The molecular weight excluding hydrogens is 355 g/mol. The van der Waals surface area contributed by atoms with Crippen LogP contribution in [0.2, 0.25) is 0 Å². The Labute approximate surface area is 171 Å². The van der Waals surface area contributed by atoms with Gasteiger partial charge in [-0.05, 0) is 77.0 Å². The summed E-state index contributed by atoms with van der Waals surface area (Å²) in [6.45, 7) is 7.08. The van der Waals surface area contributed by atoms with E-state index in [0.29, 0.717) is 11.8 Å². The van der Waals surface area contributed by atoms with E-state index < -0.39 is 0 Å². The molecule has 1 aliphatic rings. The molecule has 1 aliphatic carbocycles. The molecule has 0 nitrogen and oxygen atoms in total. The average molecular weight is 385 g/mol. The van der Waals surface area contributed by atoms with Crippen molar-refractivity contribution in [2.24, 2.45) is 5.92 Å². The Morgan fingerprint density at radius 1 is 0.821 bits per heavy atom. The quantitative estimate of drug-likeness (QED) is 0.418. The van der Waals surface area contributed by atoms with Crippen LogP contribution in [0.5, 0.6) is 0 Å². The lowest BCUT2D eigenvalue weighted by molar-refractivity contribution is 0.456. The lowest BCUT2D eigenvalue weighted by Gasteiger charge is -2.33. The minimum atomic E-state index is 0.589. The molecule has 0 radical (unpaired) electrons. The number of hydrogen-bond acceptors (Lipinski definition) is 0. The molecule has 0 bridgehead atoms. The van der Waals surface area contributed by atoms with Gasteiger partial charge < -0.3 is 0 Å². The van der Waals surface area contributed by atoms with Crippen molar-refractivity contribution in [2.45, 2.75) is 32.6 Å². The maximum atomic E-state index is 2.47. The van der Waals surface area contributed by atoms with Crippen LogP contribution in [0.15, 0.2) is 78.9 Å². The van der Waals surface area contributed by atoms with Crippen LogP contribution in [-0.2, 0) is 0 Å². The smallest absolute Gasteiger partial charge is 0.00836 e. The van der Waals surface area contributed by atoms with Gasteiger partial charge in [-0.1, -0.05) is 94.4 Å². The predicted octanol–water partition coefficient (Wildman–Crippen LogP) is 7.19. The summed E-state index contributed by atoms with van der Waals surface area (Å²) < 4.78 is 0. The largest absolute Gasteiger partial charge is 0.0926 e. The summed E-state index contributed by atoms with van der Waals surface area (Å²) in [4.78, 5) is 0. The average Bonchev–Trinajstić information content (AvgIpc) is 2.75. The van der Waals surface area contributed by atoms with Gasteiger partial charge in [0.2, 0.25) is 0 Å². The number of rotatable bonds is 4. The molecule has 3 aromatic carbocycles. The Kier molecular flexibility index (Phi) is 5.79. The molecule has 3 unspecified atom stereocenters. The zero-order chi connectivity index (χ0) is 19.5. The second kappa shape index (κ2) is 8.46. The summed E-state index contributed by atoms with van der Waals surface area (Å²) in [6, 6.07) is 26.5. The fourth-order valence-electron chi connectivity index (χ4n) is 4.62. The molecule has 3 aromatic rings. The van der Waals surface area contributed by atoms with Crippen LogP contribution in [0, 0.1) is 12.8 Å². The molecule has 0 aliphatic heterocycles. The van der Waals surface area contributed by atoms with Crippen molar-refractivity contribution in [2.75, 3.05) is 6.66 Å². The van der Waals surface area contributed by atoms with Crippen LogP contribution in [0.25, 0.3) is 16.7 Å². The molecule has 0 aromatic heterocycles. The molecule has 142 valence electrons. The fraction of sp³-hybridized carbons (Fsp3) is 0.259. The van der Waals surface area contributed by atoms with Gasteiger partial charge in [-0.15, -0.1) is 0 Å². The van der Waals surface area contributed by atoms with Gasteiger partial charge in [-0.3, -0.25) is 0 Å². The summed E-state index contributed by atoms with van der Waals surface area (Å²) in [6.07, 6.45) is 4.78. The Bertz CT molecular complexity index is 970. The minimum Gasteiger partial charge on any atom is -0.0926 e. The maximum Gasteiger partial charge on any atom is -0.00836 e. The topological polar surface area (TPSA) is 0 Å². The van der Waals surface area contributed by atoms with E-state index in [1.807, 2.05) is 0 Å². The van der Waals surface area contributed by atoms with E-state index >= 15 is 0 Å². The van der Waals surface area contributed by atoms with E-state index in [1.54, 1.807) is 10.9 Å². The Balaban J connectivity index is 1.79. The summed E-state index contributed by atoms with van der Waals surface area (Å²) in [5.74, 6) is 1.26. The first kappa shape index (κ1) is 19.2. The van der Waals surface area contributed by atoms with Crippen molar-refractivity contribution >= 4 is 19.5 Å². The lowest BCUT2D eigenvalue weighted by atomic mass is 9.73. The van der Waals surface area contributed by atoms with Crippen molar-refractivity contribution in [3.05, 3.63) is 95.6 Å². The standard InChI is InChI=1S/C27H29P/c1-19-14-16-23(21-10-6-4-7-11-21)18-25(19)26-20(2)15-17-24(27(26)28-3)22-12-8-5-9-13-22/h4-13,15-17,19,25,28H,14,18H2,1-3H3. The van der Waals surface area contributed by atoms with Gasteiger partial charge in [0.05, 0.1) is 0 Å². The zero-order valence-corrected chi connectivity index (χ0v) is 18.1. The van der Waals surface area contributed by atoms with Gasteiger partial charge in [-0.2, -0.15) is 0 Å². The van der Waals surface area contributed by atoms with Crippen LogP contribution in [0.3, 0.4) is 0 Å². The number of hydrogen-bond donors (Lipinski definition) is 0. The first-order chi connectivity index (χ1) is 13.7. The summed E-state index contributed by atoms with van der Waals surface area (Å²) in [7, 11) is 0.803. The molecular formula is C27H29P. The highest BCUT2D eigenvalue weighted by Gasteiger charge is 2.28. The van der Waals surface area contributed by atoms with Gasteiger partial charge >= 0.3 is 0 Å². The van der Waals surface area contributed by atoms with Crippen molar-refractivity contribution in [1.82, 2.24) is 0 Å². The van der Waals surface area contributed by atoms with Crippen LogP contribution in [0.4, 0.5) is 0 Å². The number of allylic oxidation sites excluding steroid dienone is 2. The van der Waals surface area contributed by atoms with Crippen molar-refractivity contribution in [1.29, 1.82) is 0 Å². The summed E-state index contributed by atoms with van der Waals surface area (Å²) >= 11 is 0. The van der Waals surface area contributed by atoms with Gasteiger partial charge in [0.25, 0.3) is 0 Å². The monoisotopic (exact) mass is 384 g/mol. The van der Waals surface area contributed by atoms with Crippen molar-refractivity contribution in [3.8, 4) is 11.1 Å². The molecule has 3 atom stereocenters. The molecule has 0 saturated carbocycles. The summed E-state index contributed by atoms with van der Waals surface area (Å²) in [5.41, 5.74) is 8.72. The molecule has 0 spiro atoms. The van der Waals surface area contributed by atoms with Crippen molar-refractivity contribution < 1.29 is 0 Å². The highest BCUT2D eigenvalue weighted by molar-refractivity contribution is 7.46. The number of aryl methyl sites for hydroxylation is 1. The molecule has 0 N–H and O–H groups in total. The normalized spacial score (nSPS) is 19.8. The lowest BCUT2D eigenvalue weighted by Crippen LogP contribution is -2.22. The van der Waals surface area contributed by atoms with Crippen LogP contribution in [0.1, 0.15) is 42.4 Å². The second-order valence-electron chi connectivity index (χ2n) is 7.95. The molecule has 0 amide bonds. The first-order valence-corrected chi connectivity index (χ1v) is 11.8. The van der Waals surface area contributed by atoms with Gasteiger partial charge in [-0.25, -0.2) is 0 Å². The third kappa shape index (κ3) is 3.71. The molecule has 0 saturated heterocycles. The van der Waals surface area contributed by atoms with E-state index in [1.165, 1.54) is 27.8 Å². The minimum absolute atomic E-state index is 0.589. The van der Waals surface area contributed by atoms with E-state index in [9.17, 15) is 0 Å². The van der Waals surface area contributed by atoms with E-state index in [2.05, 4.69) is 99.4 Å². The third-order valence-electron chi connectivity index (χ3n) is 6.18. The van der Waals surface area contributed by atoms with E-state index in [4.69, 9.17) is 0 Å². The Morgan fingerprint density at radius 2 is 1.46 bits per heavy atom. The fourth-order valence-corrected chi connectivity index (χ4v) is 5.77. The third-order valence-corrected chi connectivity index (χ3v) is 7.22.